The summed E-state index contributed by atoms with van der Waals surface area (Å²) in [6, 6.07) is 6.35. The molecule has 2 unspecified atom stereocenters. The minimum absolute atomic E-state index is 0.00215. The molecule has 2 atom stereocenters. The van der Waals surface area contributed by atoms with Gasteiger partial charge in [-0.2, -0.15) is 0 Å². The smallest absolute Gasteiger partial charge is 0.230 e. The number of carbonyl (C=O) groups is 1. The Balaban J connectivity index is 2.18. The lowest BCUT2D eigenvalue weighted by Crippen LogP contribution is -2.45. The molecule has 0 saturated heterocycles. The maximum absolute atomic E-state index is 12.9. The molecule has 1 aromatic rings. The lowest BCUT2D eigenvalue weighted by Gasteiger charge is -2.44. The fourth-order valence-electron chi connectivity index (χ4n) is 4.08. The quantitative estimate of drug-likeness (QED) is 0.717. The molecule has 1 aliphatic carbocycles. The number of aliphatic hydroxyl groups excluding tert-OH is 1. The zero-order chi connectivity index (χ0) is 20.5. The number of nitrogens with one attached hydrogen (secondary N) is 1. The van der Waals surface area contributed by atoms with Crippen LogP contribution in [0.1, 0.15) is 53.4 Å². The van der Waals surface area contributed by atoms with Crippen LogP contribution in [0.5, 0.6) is 0 Å². The highest BCUT2D eigenvalue weighted by Crippen LogP contribution is 2.46. The summed E-state index contributed by atoms with van der Waals surface area (Å²) in [6.45, 7) is 11.5. The van der Waals surface area contributed by atoms with Crippen molar-refractivity contribution in [2.24, 2.45) is 10.8 Å². The van der Waals surface area contributed by atoms with Crippen LogP contribution in [0.4, 0.5) is 5.69 Å². The van der Waals surface area contributed by atoms with Gasteiger partial charge in [-0.05, 0) is 56.2 Å². The first-order chi connectivity index (χ1) is 12.3. The van der Waals surface area contributed by atoms with Crippen molar-refractivity contribution in [2.75, 3.05) is 11.1 Å². The van der Waals surface area contributed by atoms with Crippen LogP contribution in [0.25, 0.3) is 0 Å². The van der Waals surface area contributed by atoms with E-state index in [1.54, 1.807) is 25.1 Å². The Hall–Kier alpha value is -1.66. The predicted molar refractivity (Wildman–Crippen MR) is 108 cm³/mol. The van der Waals surface area contributed by atoms with Crippen molar-refractivity contribution in [3.8, 4) is 0 Å². The van der Waals surface area contributed by atoms with E-state index in [2.05, 4.69) is 25.7 Å². The number of amides is 1. The number of carbonyl (C=O) groups excluding carboxylic acids is 1. The standard InChI is InChI=1S/C21H31NO4S/c1-15(2)9-10-27(25,26)18-8-6-7-16(11-18)22-19(24)21(5)13-17(23)12-20(3,4)14-21/h6-8,11,17,23H,1,9-10,12-14H2,2-5H3,(H,22,24). The van der Waals surface area contributed by atoms with E-state index in [1.807, 2.05) is 6.92 Å². The second-order valence-electron chi connectivity index (χ2n) is 8.97. The molecule has 2 N–H and O–H groups in total. The van der Waals surface area contributed by atoms with Gasteiger partial charge in [0.05, 0.1) is 16.8 Å². The normalized spacial score (nSPS) is 25.0. The molecule has 1 aliphatic rings. The van der Waals surface area contributed by atoms with Gasteiger partial charge < -0.3 is 10.4 Å². The Labute approximate surface area is 162 Å². The largest absolute Gasteiger partial charge is 0.393 e. The molecule has 1 amide bonds. The number of hydrogen-bond acceptors (Lipinski definition) is 4. The summed E-state index contributed by atoms with van der Waals surface area (Å²) in [7, 11) is -3.43. The monoisotopic (exact) mass is 393 g/mol. The summed E-state index contributed by atoms with van der Waals surface area (Å²) in [6.07, 6.45) is 1.63. The van der Waals surface area contributed by atoms with E-state index < -0.39 is 21.4 Å². The number of benzene rings is 1. The summed E-state index contributed by atoms with van der Waals surface area (Å²) in [5, 5.41) is 13.0. The first-order valence-corrected chi connectivity index (χ1v) is 10.9. The second-order valence-corrected chi connectivity index (χ2v) is 11.1. The molecule has 1 aromatic carbocycles. The molecule has 150 valence electrons. The topological polar surface area (TPSA) is 83.5 Å². The van der Waals surface area contributed by atoms with E-state index in [9.17, 15) is 18.3 Å². The van der Waals surface area contributed by atoms with Crippen LogP contribution >= 0.6 is 0 Å². The molecule has 1 saturated carbocycles. The number of rotatable bonds is 6. The Morgan fingerprint density at radius 2 is 1.96 bits per heavy atom. The number of allylic oxidation sites excluding steroid dienone is 1. The van der Waals surface area contributed by atoms with Gasteiger partial charge in [0.1, 0.15) is 0 Å². The molecular weight excluding hydrogens is 362 g/mol. The molecule has 5 nitrogen and oxygen atoms in total. The molecule has 1 fully saturated rings. The van der Waals surface area contributed by atoms with E-state index in [-0.39, 0.29) is 22.0 Å². The third kappa shape index (κ3) is 5.66. The Kier molecular flexibility index (Phi) is 6.22. The molecule has 0 radical (unpaired) electrons. The van der Waals surface area contributed by atoms with Crippen LogP contribution in [0.2, 0.25) is 0 Å². The molecule has 2 rings (SSSR count). The maximum Gasteiger partial charge on any atom is 0.230 e. The van der Waals surface area contributed by atoms with Gasteiger partial charge in [-0.25, -0.2) is 8.42 Å². The average Bonchev–Trinajstić information content (AvgIpc) is 2.51. The van der Waals surface area contributed by atoms with Crippen LogP contribution in [0, 0.1) is 10.8 Å². The summed E-state index contributed by atoms with van der Waals surface area (Å²) in [5.74, 6) is -0.191. The van der Waals surface area contributed by atoms with Crippen LogP contribution in [-0.2, 0) is 14.6 Å². The van der Waals surface area contributed by atoms with Crippen LogP contribution < -0.4 is 5.32 Å². The maximum atomic E-state index is 12.9. The van der Waals surface area contributed by atoms with Crippen molar-refractivity contribution in [1.82, 2.24) is 0 Å². The lowest BCUT2D eigenvalue weighted by atomic mass is 9.63. The third-order valence-electron chi connectivity index (χ3n) is 5.14. The molecule has 27 heavy (non-hydrogen) atoms. The molecule has 0 spiro atoms. The highest BCUT2D eigenvalue weighted by molar-refractivity contribution is 7.91. The van der Waals surface area contributed by atoms with Crippen LogP contribution in [-0.4, -0.2) is 31.3 Å². The van der Waals surface area contributed by atoms with Gasteiger partial charge in [0.25, 0.3) is 0 Å². The van der Waals surface area contributed by atoms with Crippen molar-refractivity contribution in [2.45, 2.75) is 64.4 Å². The van der Waals surface area contributed by atoms with E-state index in [0.717, 1.165) is 5.57 Å². The van der Waals surface area contributed by atoms with Gasteiger partial charge in [0, 0.05) is 11.1 Å². The summed E-state index contributed by atoms with van der Waals surface area (Å²) in [4.78, 5) is 13.1. The average molecular weight is 394 g/mol. The Morgan fingerprint density at radius 1 is 1.30 bits per heavy atom. The van der Waals surface area contributed by atoms with Gasteiger partial charge in [-0.1, -0.05) is 32.4 Å². The second kappa shape index (κ2) is 7.76. The Bertz CT molecular complexity index is 828. The highest BCUT2D eigenvalue weighted by atomic mass is 32.2. The van der Waals surface area contributed by atoms with Crippen molar-refractivity contribution < 1.29 is 18.3 Å². The molecular formula is C21H31NO4S. The van der Waals surface area contributed by atoms with Crippen molar-refractivity contribution in [3.63, 3.8) is 0 Å². The minimum atomic E-state index is -3.43. The first kappa shape index (κ1) is 21.6. The van der Waals surface area contributed by atoms with E-state index in [4.69, 9.17) is 0 Å². The van der Waals surface area contributed by atoms with E-state index in [0.29, 0.717) is 31.4 Å². The number of aliphatic hydroxyl groups is 1. The molecule has 0 aliphatic heterocycles. The van der Waals surface area contributed by atoms with Crippen LogP contribution in [0.15, 0.2) is 41.3 Å². The Morgan fingerprint density at radius 3 is 2.56 bits per heavy atom. The molecule has 0 bridgehead atoms. The number of hydrogen-bond donors (Lipinski definition) is 2. The first-order valence-electron chi connectivity index (χ1n) is 9.30. The van der Waals surface area contributed by atoms with Crippen LogP contribution in [0.3, 0.4) is 0 Å². The lowest BCUT2D eigenvalue weighted by molar-refractivity contribution is -0.132. The van der Waals surface area contributed by atoms with Crippen molar-refractivity contribution in [1.29, 1.82) is 0 Å². The fourth-order valence-corrected chi connectivity index (χ4v) is 5.52. The third-order valence-corrected chi connectivity index (χ3v) is 6.85. The van der Waals surface area contributed by atoms with E-state index >= 15 is 0 Å². The molecule has 0 aromatic heterocycles. The summed E-state index contributed by atoms with van der Waals surface area (Å²) >= 11 is 0. The summed E-state index contributed by atoms with van der Waals surface area (Å²) in [5.41, 5.74) is 0.443. The fraction of sp³-hybridized carbons (Fsp3) is 0.571. The van der Waals surface area contributed by atoms with Gasteiger partial charge in [-0.3, -0.25) is 4.79 Å². The number of anilines is 1. The zero-order valence-corrected chi connectivity index (χ0v) is 17.5. The zero-order valence-electron chi connectivity index (χ0n) is 16.7. The van der Waals surface area contributed by atoms with Crippen molar-refractivity contribution in [3.05, 3.63) is 36.4 Å². The highest BCUT2D eigenvalue weighted by Gasteiger charge is 2.45. The van der Waals surface area contributed by atoms with Crippen molar-refractivity contribution >= 4 is 21.4 Å². The molecule has 0 heterocycles. The van der Waals surface area contributed by atoms with Gasteiger partial charge in [0.15, 0.2) is 9.84 Å². The van der Waals surface area contributed by atoms with Gasteiger partial charge in [0.2, 0.25) is 5.91 Å². The SMILES string of the molecule is C=C(C)CCS(=O)(=O)c1cccc(NC(=O)C2(C)CC(O)CC(C)(C)C2)c1. The van der Waals surface area contributed by atoms with E-state index in [1.165, 1.54) is 6.07 Å². The number of sulfone groups is 1. The predicted octanol–water partition coefficient (Wildman–Crippen LogP) is 3.94. The summed E-state index contributed by atoms with van der Waals surface area (Å²) < 4.78 is 25.0. The van der Waals surface area contributed by atoms with Gasteiger partial charge >= 0.3 is 0 Å². The minimum Gasteiger partial charge on any atom is -0.393 e. The molecule has 6 heteroatoms. The van der Waals surface area contributed by atoms with Gasteiger partial charge in [-0.15, -0.1) is 6.58 Å².